The highest BCUT2D eigenvalue weighted by atomic mass is 32.3. The first-order chi connectivity index (χ1) is 15.2. The third-order valence-corrected chi connectivity index (χ3v) is 5.33. The van der Waals surface area contributed by atoms with E-state index >= 15 is 0 Å². The molecule has 184 valence electrons. The number of benzene rings is 2. The summed E-state index contributed by atoms with van der Waals surface area (Å²) in [5.41, 5.74) is 1.34. The molecule has 0 aliphatic rings. The van der Waals surface area contributed by atoms with Crippen LogP contribution in [-0.2, 0) is 34.6 Å². The van der Waals surface area contributed by atoms with Gasteiger partial charge in [-0.2, -0.15) is 16.8 Å². The maximum atomic E-state index is 10.5. The molecule has 0 saturated heterocycles. The molecule has 2 unspecified atom stereocenters. The summed E-state index contributed by atoms with van der Waals surface area (Å²) in [5.74, 6) is 0.670. The minimum Gasteiger partial charge on any atom is -0.488 e. The van der Waals surface area contributed by atoms with Crippen LogP contribution in [0.4, 0.5) is 0 Å². The molecule has 0 spiro atoms. The van der Waals surface area contributed by atoms with Gasteiger partial charge in [-0.15, -0.1) is 0 Å². The van der Waals surface area contributed by atoms with E-state index in [1.165, 1.54) is 0 Å². The number of aliphatic hydroxyl groups excluding tert-OH is 2. The minimum atomic E-state index is -4.79. The molecule has 4 N–H and O–H groups in total. The Morgan fingerprint density at radius 3 is 1.27 bits per heavy atom. The molecule has 14 heteroatoms. The molecule has 0 amide bonds. The van der Waals surface area contributed by atoms with Gasteiger partial charge in [0.15, 0.2) is 0 Å². The first-order valence-electron chi connectivity index (χ1n) is 9.30. The number of ether oxygens (including phenoxy) is 2. The Labute approximate surface area is 191 Å². The lowest BCUT2D eigenvalue weighted by Gasteiger charge is -2.26. The van der Waals surface area contributed by atoms with Crippen LogP contribution in [0.2, 0.25) is 0 Å². The van der Waals surface area contributed by atoms with Crippen LogP contribution in [0.3, 0.4) is 0 Å². The van der Waals surface area contributed by atoms with Crippen molar-refractivity contribution in [1.82, 2.24) is 0 Å². The third kappa shape index (κ3) is 9.23. The zero-order valence-corrected chi connectivity index (χ0v) is 19.2. The van der Waals surface area contributed by atoms with Crippen molar-refractivity contribution in [2.75, 3.05) is 13.2 Å². The molecular formula is C19H24O12S2. The number of hydrogen-bond acceptors (Lipinski definition) is 10. The smallest absolute Gasteiger partial charge is 0.400 e. The van der Waals surface area contributed by atoms with Crippen LogP contribution in [0.1, 0.15) is 25.0 Å². The lowest BCUT2D eigenvalue weighted by molar-refractivity contribution is -0.0501. The molecule has 0 saturated carbocycles. The molecule has 0 fully saturated rings. The van der Waals surface area contributed by atoms with E-state index in [0.717, 1.165) is 11.1 Å². The third-order valence-electron chi connectivity index (χ3n) is 4.40. The van der Waals surface area contributed by atoms with Crippen LogP contribution in [0.15, 0.2) is 48.5 Å². The van der Waals surface area contributed by atoms with Gasteiger partial charge in [-0.1, -0.05) is 38.1 Å². The molecule has 0 heterocycles. The first-order valence-corrected chi connectivity index (χ1v) is 12.0. The van der Waals surface area contributed by atoms with Crippen molar-refractivity contribution in [3.8, 4) is 11.5 Å². The zero-order valence-electron chi connectivity index (χ0n) is 17.6. The number of rotatable bonds is 12. The van der Waals surface area contributed by atoms with Crippen LogP contribution < -0.4 is 9.47 Å². The van der Waals surface area contributed by atoms with E-state index in [-0.39, 0.29) is 0 Å². The molecule has 33 heavy (non-hydrogen) atoms. The van der Waals surface area contributed by atoms with Crippen LogP contribution in [0.25, 0.3) is 0 Å². The second-order valence-corrected chi connectivity index (χ2v) is 9.35. The number of hydrogen-bond donors (Lipinski definition) is 4. The largest absolute Gasteiger partial charge is 0.488 e. The van der Waals surface area contributed by atoms with Crippen LogP contribution in [0, 0.1) is 0 Å². The molecule has 2 atom stereocenters. The molecule has 0 aliphatic heterocycles. The summed E-state index contributed by atoms with van der Waals surface area (Å²) in [6.07, 6.45) is -3.73. The Morgan fingerprint density at radius 2 is 1.00 bits per heavy atom. The predicted octanol–water partition coefficient (Wildman–Crippen LogP) is 1.05. The summed E-state index contributed by atoms with van der Waals surface area (Å²) < 4.78 is 77.5. The van der Waals surface area contributed by atoms with E-state index in [9.17, 15) is 27.0 Å². The van der Waals surface area contributed by atoms with Crippen LogP contribution >= 0.6 is 0 Å². The Hall–Kier alpha value is -2.30. The van der Waals surface area contributed by atoms with E-state index in [0.29, 0.717) is 11.5 Å². The standard InChI is InChI=1S/C19H24O12S2/c1-19(2,13-3-7-15(8-4-13)28-11-17(20)30-32(22,23)24)14-5-9-16(10-6-14)29-12-18(21)31-33(25,26)27/h3-10,17-18,20-21H,11-12H2,1-2H3,(H,22,23,24)(H,25,26,27). The highest BCUT2D eigenvalue weighted by Crippen LogP contribution is 2.33. The Morgan fingerprint density at radius 1 is 0.697 bits per heavy atom. The van der Waals surface area contributed by atoms with Gasteiger partial charge in [-0.05, 0) is 35.4 Å². The molecule has 2 aromatic rings. The molecule has 2 aromatic carbocycles. The van der Waals surface area contributed by atoms with Crippen molar-refractivity contribution in [2.24, 2.45) is 0 Å². The summed E-state index contributed by atoms with van der Waals surface area (Å²) in [7, 11) is -9.59. The van der Waals surface area contributed by atoms with Gasteiger partial charge < -0.3 is 19.7 Å². The van der Waals surface area contributed by atoms with E-state index < -0.39 is 52.0 Å². The Bertz CT molecular complexity index is 1020. The second kappa shape index (κ2) is 10.8. The molecular weight excluding hydrogens is 484 g/mol. The summed E-state index contributed by atoms with van der Waals surface area (Å²) >= 11 is 0. The summed E-state index contributed by atoms with van der Waals surface area (Å²) in [6.45, 7) is 2.89. The van der Waals surface area contributed by atoms with Gasteiger partial charge in [0.05, 0.1) is 0 Å². The van der Waals surface area contributed by atoms with Crippen molar-refractivity contribution in [3.05, 3.63) is 59.7 Å². The van der Waals surface area contributed by atoms with Crippen molar-refractivity contribution in [1.29, 1.82) is 0 Å². The zero-order chi connectivity index (χ0) is 24.9. The van der Waals surface area contributed by atoms with Crippen molar-refractivity contribution in [3.63, 3.8) is 0 Å². The van der Waals surface area contributed by atoms with Crippen molar-refractivity contribution < 1.29 is 54.0 Å². The maximum absolute atomic E-state index is 10.5. The first kappa shape index (κ1) is 26.9. The van der Waals surface area contributed by atoms with E-state index in [4.69, 9.17) is 18.6 Å². The lowest BCUT2D eigenvalue weighted by atomic mass is 9.78. The van der Waals surface area contributed by atoms with E-state index in [2.05, 4.69) is 8.37 Å². The summed E-state index contributed by atoms with van der Waals surface area (Å²) in [4.78, 5) is 0. The van der Waals surface area contributed by atoms with Gasteiger partial charge >= 0.3 is 20.8 Å². The van der Waals surface area contributed by atoms with Gasteiger partial charge in [0.2, 0.25) is 12.6 Å². The Balaban J connectivity index is 1.98. The fourth-order valence-electron chi connectivity index (χ4n) is 2.77. The minimum absolute atomic E-state index is 0.335. The maximum Gasteiger partial charge on any atom is 0.400 e. The van der Waals surface area contributed by atoms with Crippen molar-refractivity contribution in [2.45, 2.75) is 31.8 Å². The van der Waals surface area contributed by atoms with E-state index in [1.54, 1.807) is 48.5 Å². The molecule has 0 bridgehead atoms. The topological polar surface area (TPSA) is 186 Å². The van der Waals surface area contributed by atoms with Crippen LogP contribution in [0.5, 0.6) is 11.5 Å². The molecule has 12 nitrogen and oxygen atoms in total. The number of aliphatic hydroxyl groups is 2. The average molecular weight is 509 g/mol. The lowest BCUT2D eigenvalue weighted by Crippen LogP contribution is -2.24. The predicted molar refractivity (Wildman–Crippen MR) is 113 cm³/mol. The van der Waals surface area contributed by atoms with Crippen LogP contribution in [-0.4, -0.2) is 61.9 Å². The summed E-state index contributed by atoms with van der Waals surface area (Å²) in [5, 5.41) is 18.7. The summed E-state index contributed by atoms with van der Waals surface area (Å²) in [6, 6.07) is 13.6. The monoisotopic (exact) mass is 508 g/mol. The Kier molecular flexibility index (Phi) is 8.78. The van der Waals surface area contributed by atoms with E-state index in [1.807, 2.05) is 13.8 Å². The van der Waals surface area contributed by atoms with Gasteiger partial charge in [0, 0.05) is 5.41 Å². The normalized spacial score (nSPS) is 14.5. The second-order valence-electron chi connectivity index (χ2n) is 7.25. The van der Waals surface area contributed by atoms with Gasteiger partial charge in [0.1, 0.15) is 24.7 Å². The highest BCUT2D eigenvalue weighted by Gasteiger charge is 2.23. The molecule has 0 radical (unpaired) electrons. The quantitative estimate of drug-likeness (QED) is 0.236. The van der Waals surface area contributed by atoms with Gasteiger partial charge in [-0.25, -0.2) is 8.37 Å². The molecule has 0 aromatic heterocycles. The van der Waals surface area contributed by atoms with Gasteiger partial charge in [-0.3, -0.25) is 9.11 Å². The average Bonchev–Trinajstić information content (AvgIpc) is 2.69. The fourth-order valence-corrected chi connectivity index (χ4v) is 3.45. The SMILES string of the molecule is CC(C)(c1ccc(OCC(O)OS(=O)(=O)O)cc1)c1ccc(OCC(O)OS(=O)(=O)O)cc1. The fraction of sp³-hybridized carbons (Fsp3) is 0.368. The molecule has 0 aliphatic carbocycles. The molecule has 2 rings (SSSR count). The van der Waals surface area contributed by atoms with Crippen molar-refractivity contribution >= 4 is 20.8 Å². The van der Waals surface area contributed by atoms with Gasteiger partial charge in [0.25, 0.3) is 0 Å². The highest BCUT2D eigenvalue weighted by molar-refractivity contribution is 7.81.